The molecule has 3 aromatic rings. The summed E-state index contributed by atoms with van der Waals surface area (Å²) in [6, 6.07) is 2.97. The summed E-state index contributed by atoms with van der Waals surface area (Å²) in [5, 5.41) is 19.2. The molecule has 0 saturated carbocycles. The van der Waals surface area contributed by atoms with E-state index in [2.05, 4.69) is 15.5 Å². The van der Waals surface area contributed by atoms with Crippen LogP contribution in [0, 0.1) is 0 Å². The lowest BCUT2D eigenvalue weighted by atomic mass is 10.1. The molecule has 0 spiro atoms. The number of pyridine rings is 2. The van der Waals surface area contributed by atoms with Gasteiger partial charge in [-0.1, -0.05) is 6.92 Å². The van der Waals surface area contributed by atoms with Gasteiger partial charge in [0.15, 0.2) is 17.1 Å². The van der Waals surface area contributed by atoms with Crippen molar-refractivity contribution < 1.29 is 19.5 Å². The van der Waals surface area contributed by atoms with E-state index >= 15 is 0 Å². The lowest BCUT2D eigenvalue weighted by Crippen LogP contribution is -2.50. The van der Waals surface area contributed by atoms with Gasteiger partial charge in [0.25, 0.3) is 11.8 Å². The fraction of sp³-hybridized carbons (Fsp3) is 0.391. The zero-order valence-electron chi connectivity index (χ0n) is 20.3. The normalized spacial score (nSPS) is 14.1. The predicted octanol–water partition coefficient (Wildman–Crippen LogP) is -0.0745. The Hall–Kier alpha value is -4.42. The Labute approximate surface area is 204 Å². The van der Waals surface area contributed by atoms with Crippen molar-refractivity contribution in [3.63, 3.8) is 0 Å². The number of hydrogen-bond acceptors (Lipinski definition) is 7. The Kier molecular flexibility index (Phi) is 6.39. The van der Waals surface area contributed by atoms with E-state index in [0.29, 0.717) is 6.54 Å². The standard InChI is InChI=1S/C23H27N7O6/c1-5-14(24-20(33)13-7-6-8-30-19(13)25-26-23(30)36)21(34)27(4)16-11-15(31)18(32)17-22(35)28(12(2)3)9-10-29(16)17/h6-8,11-12,14,32H,5,9-10H2,1-4H3,(H,24,33)(H,26,36). The Morgan fingerprint density at radius 1 is 1.25 bits per heavy atom. The van der Waals surface area contributed by atoms with E-state index in [1.165, 1.54) is 44.1 Å². The number of rotatable bonds is 6. The van der Waals surface area contributed by atoms with Crippen LogP contribution in [-0.4, -0.2) is 72.6 Å². The second-order valence-corrected chi connectivity index (χ2v) is 8.78. The number of aromatic hydroxyl groups is 1. The van der Waals surface area contributed by atoms with Crippen molar-refractivity contribution in [1.82, 2.24) is 29.4 Å². The molecule has 4 heterocycles. The molecule has 13 heteroatoms. The van der Waals surface area contributed by atoms with E-state index in [1.807, 2.05) is 13.8 Å². The summed E-state index contributed by atoms with van der Waals surface area (Å²) in [4.78, 5) is 66.4. The molecule has 3 amide bonds. The first kappa shape index (κ1) is 24.7. The Morgan fingerprint density at radius 2 is 1.97 bits per heavy atom. The number of likely N-dealkylation sites (N-methyl/N-ethyl adjacent to an activating group) is 1. The van der Waals surface area contributed by atoms with Crippen molar-refractivity contribution in [2.24, 2.45) is 0 Å². The molecule has 0 radical (unpaired) electrons. The average molecular weight is 498 g/mol. The molecule has 0 aliphatic carbocycles. The third kappa shape index (κ3) is 4.01. The van der Waals surface area contributed by atoms with Gasteiger partial charge in [-0.15, -0.1) is 0 Å². The second-order valence-electron chi connectivity index (χ2n) is 8.78. The van der Waals surface area contributed by atoms with Crippen LogP contribution in [-0.2, 0) is 11.3 Å². The fourth-order valence-corrected chi connectivity index (χ4v) is 4.31. The molecular formula is C23H27N7O6. The van der Waals surface area contributed by atoms with Gasteiger partial charge >= 0.3 is 5.69 Å². The first-order chi connectivity index (χ1) is 17.1. The summed E-state index contributed by atoms with van der Waals surface area (Å²) in [7, 11) is 1.43. The van der Waals surface area contributed by atoms with Gasteiger partial charge in [0, 0.05) is 38.4 Å². The number of nitrogens with zero attached hydrogens (tertiary/aromatic N) is 5. The van der Waals surface area contributed by atoms with Gasteiger partial charge in [-0.05, 0) is 32.4 Å². The van der Waals surface area contributed by atoms with Crippen LogP contribution in [0.4, 0.5) is 5.82 Å². The summed E-state index contributed by atoms with van der Waals surface area (Å²) in [6.07, 6.45) is 1.68. The van der Waals surface area contributed by atoms with Gasteiger partial charge in [-0.2, -0.15) is 5.10 Å². The van der Waals surface area contributed by atoms with Gasteiger partial charge in [0.2, 0.25) is 11.3 Å². The summed E-state index contributed by atoms with van der Waals surface area (Å²) in [6.45, 7) is 5.97. The van der Waals surface area contributed by atoms with Gasteiger partial charge < -0.3 is 19.9 Å². The second kappa shape index (κ2) is 9.32. The molecule has 190 valence electrons. The first-order valence-electron chi connectivity index (χ1n) is 11.5. The maximum Gasteiger partial charge on any atom is 0.347 e. The molecule has 1 unspecified atom stereocenters. The smallest absolute Gasteiger partial charge is 0.347 e. The fourth-order valence-electron chi connectivity index (χ4n) is 4.31. The predicted molar refractivity (Wildman–Crippen MR) is 129 cm³/mol. The van der Waals surface area contributed by atoms with Crippen LogP contribution in [0.25, 0.3) is 5.65 Å². The van der Waals surface area contributed by atoms with Gasteiger partial charge in [0.05, 0.1) is 5.56 Å². The quantitative estimate of drug-likeness (QED) is 0.429. The van der Waals surface area contributed by atoms with E-state index in [9.17, 15) is 29.1 Å². The lowest BCUT2D eigenvalue weighted by molar-refractivity contribution is -0.120. The highest BCUT2D eigenvalue weighted by Gasteiger charge is 2.34. The number of H-pyrrole nitrogens is 1. The molecular weight excluding hydrogens is 470 g/mol. The van der Waals surface area contributed by atoms with E-state index in [1.54, 1.807) is 6.92 Å². The molecule has 13 nitrogen and oxygen atoms in total. The van der Waals surface area contributed by atoms with Crippen molar-refractivity contribution >= 4 is 29.2 Å². The van der Waals surface area contributed by atoms with Gasteiger partial charge in [-0.3, -0.25) is 24.1 Å². The molecule has 36 heavy (non-hydrogen) atoms. The first-order valence-corrected chi connectivity index (χ1v) is 11.5. The van der Waals surface area contributed by atoms with Crippen molar-refractivity contribution in [2.45, 2.75) is 45.8 Å². The van der Waals surface area contributed by atoms with Crippen LogP contribution in [0.1, 0.15) is 48.0 Å². The Morgan fingerprint density at radius 3 is 2.64 bits per heavy atom. The van der Waals surface area contributed by atoms with Crippen LogP contribution in [0.15, 0.2) is 34.0 Å². The maximum absolute atomic E-state index is 13.4. The highest BCUT2D eigenvalue weighted by atomic mass is 16.3. The molecule has 0 bridgehead atoms. The highest BCUT2D eigenvalue weighted by Crippen LogP contribution is 2.27. The van der Waals surface area contributed by atoms with Crippen LogP contribution in [0.5, 0.6) is 5.75 Å². The van der Waals surface area contributed by atoms with Crippen LogP contribution < -0.4 is 21.3 Å². The molecule has 0 aromatic carbocycles. The number of amides is 3. The zero-order valence-corrected chi connectivity index (χ0v) is 20.3. The molecule has 1 atom stereocenters. The Bertz CT molecular complexity index is 1480. The van der Waals surface area contributed by atoms with E-state index < -0.39 is 40.6 Å². The monoisotopic (exact) mass is 497 g/mol. The van der Waals surface area contributed by atoms with E-state index in [-0.39, 0.29) is 41.7 Å². The van der Waals surface area contributed by atoms with Gasteiger partial charge in [-0.25, -0.2) is 14.3 Å². The number of fused-ring (bicyclic) bond motifs is 2. The average Bonchev–Trinajstić information content (AvgIpc) is 3.24. The maximum atomic E-state index is 13.4. The molecule has 4 rings (SSSR count). The number of aromatic nitrogens is 4. The lowest BCUT2D eigenvalue weighted by Gasteiger charge is -2.36. The largest absolute Gasteiger partial charge is 0.503 e. The molecule has 0 saturated heterocycles. The van der Waals surface area contributed by atoms with Gasteiger partial charge in [0.1, 0.15) is 11.9 Å². The SMILES string of the molecule is CCC(NC(=O)c1cccn2c(=O)[nH]nc12)C(=O)N(C)c1cc(=O)c(O)c2n1CCN(C(C)C)C2=O. The number of aromatic amines is 1. The Balaban J connectivity index is 1.65. The van der Waals surface area contributed by atoms with Crippen LogP contribution in [0.3, 0.4) is 0 Å². The van der Waals surface area contributed by atoms with E-state index in [0.717, 1.165) is 6.07 Å². The minimum Gasteiger partial charge on any atom is -0.503 e. The third-order valence-corrected chi connectivity index (χ3v) is 6.29. The topological polar surface area (TPSA) is 162 Å². The number of nitrogens with one attached hydrogen (secondary N) is 2. The summed E-state index contributed by atoms with van der Waals surface area (Å²) >= 11 is 0. The van der Waals surface area contributed by atoms with Crippen molar-refractivity contribution in [2.75, 3.05) is 18.5 Å². The number of anilines is 1. The molecule has 0 fully saturated rings. The third-order valence-electron chi connectivity index (χ3n) is 6.29. The zero-order chi connectivity index (χ0) is 26.3. The molecule has 3 aromatic heterocycles. The number of hydrogen-bond donors (Lipinski definition) is 3. The summed E-state index contributed by atoms with van der Waals surface area (Å²) in [5.41, 5.74) is -1.26. The number of carbonyl (C=O) groups excluding carboxylic acids is 3. The van der Waals surface area contributed by atoms with Crippen molar-refractivity contribution in [3.05, 3.63) is 56.4 Å². The minimum absolute atomic E-state index is 0.0994. The minimum atomic E-state index is -0.986. The van der Waals surface area contributed by atoms with Crippen molar-refractivity contribution in [1.29, 1.82) is 0 Å². The van der Waals surface area contributed by atoms with E-state index in [4.69, 9.17) is 0 Å². The summed E-state index contributed by atoms with van der Waals surface area (Å²) in [5.74, 6) is -2.19. The van der Waals surface area contributed by atoms with Crippen LogP contribution >= 0.6 is 0 Å². The van der Waals surface area contributed by atoms with Crippen LogP contribution in [0.2, 0.25) is 0 Å². The number of carbonyl (C=O) groups is 3. The molecule has 3 N–H and O–H groups in total. The molecule has 1 aliphatic heterocycles. The van der Waals surface area contributed by atoms with Crippen molar-refractivity contribution in [3.8, 4) is 5.75 Å². The summed E-state index contributed by atoms with van der Waals surface area (Å²) < 4.78 is 2.62. The molecule has 1 aliphatic rings. The highest BCUT2D eigenvalue weighted by molar-refractivity contribution is 6.04.